The Bertz CT molecular complexity index is 440. The third kappa shape index (κ3) is 5.35. The van der Waals surface area contributed by atoms with Crippen LogP contribution < -0.4 is 5.73 Å². The van der Waals surface area contributed by atoms with E-state index >= 15 is 0 Å². The quantitative estimate of drug-likeness (QED) is 0.841. The Hall–Kier alpha value is -0.710. The van der Waals surface area contributed by atoms with E-state index in [2.05, 4.69) is 0 Å². The second-order valence-electron chi connectivity index (χ2n) is 5.08. The SMILES string of the molecule is CSCC[C@@H](N)C(=O)N(Cc1cccc(Cl)c1)C(C)C. The van der Waals surface area contributed by atoms with Gasteiger partial charge in [0.15, 0.2) is 0 Å². The number of rotatable bonds is 7. The summed E-state index contributed by atoms with van der Waals surface area (Å²) in [7, 11) is 0. The number of carbonyl (C=O) groups excluding carboxylic acids is 1. The molecule has 0 aliphatic rings. The van der Waals surface area contributed by atoms with Crippen molar-refractivity contribution in [3.8, 4) is 0 Å². The molecule has 0 unspecified atom stereocenters. The Morgan fingerprint density at radius 3 is 2.70 bits per heavy atom. The van der Waals surface area contributed by atoms with E-state index in [1.54, 1.807) is 11.8 Å². The molecule has 1 amide bonds. The van der Waals surface area contributed by atoms with Crippen molar-refractivity contribution in [2.75, 3.05) is 12.0 Å². The predicted molar refractivity (Wildman–Crippen MR) is 88.1 cm³/mol. The van der Waals surface area contributed by atoms with Crippen LogP contribution in [-0.4, -0.2) is 34.9 Å². The number of nitrogens with zero attached hydrogens (tertiary/aromatic N) is 1. The molecule has 1 atom stereocenters. The summed E-state index contributed by atoms with van der Waals surface area (Å²) in [5, 5.41) is 0.685. The van der Waals surface area contributed by atoms with Gasteiger partial charge in [0.1, 0.15) is 0 Å². The summed E-state index contributed by atoms with van der Waals surface area (Å²) in [6, 6.07) is 7.27. The van der Waals surface area contributed by atoms with Crippen molar-refractivity contribution in [1.29, 1.82) is 0 Å². The zero-order valence-electron chi connectivity index (χ0n) is 12.3. The van der Waals surface area contributed by atoms with Gasteiger partial charge < -0.3 is 10.6 Å². The van der Waals surface area contributed by atoms with E-state index in [-0.39, 0.29) is 11.9 Å². The minimum Gasteiger partial charge on any atom is -0.335 e. The van der Waals surface area contributed by atoms with Gasteiger partial charge in [0.05, 0.1) is 6.04 Å². The minimum absolute atomic E-state index is 0.00836. The van der Waals surface area contributed by atoms with E-state index in [9.17, 15) is 4.79 Å². The summed E-state index contributed by atoms with van der Waals surface area (Å²) in [6.07, 6.45) is 2.72. The first-order valence-electron chi connectivity index (χ1n) is 6.75. The summed E-state index contributed by atoms with van der Waals surface area (Å²) < 4.78 is 0. The van der Waals surface area contributed by atoms with Crippen LogP contribution in [0.5, 0.6) is 0 Å². The van der Waals surface area contributed by atoms with Crippen molar-refractivity contribution in [3.63, 3.8) is 0 Å². The largest absolute Gasteiger partial charge is 0.335 e. The molecule has 2 N–H and O–H groups in total. The predicted octanol–water partition coefficient (Wildman–Crippen LogP) is 3.16. The van der Waals surface area contributed by atoms with Gasteiger partial charge in [0.2, 0.25) is 5.91 Å². The second-order valence-corrected chi connectivity index (χ2v) is 6.50. The van der Waals surface area contributed by atoms with Gasteiger partial charge >= 0.3 is 0 Å². The monoisotopic (exact) mass is 314 g/mol. The molecule has 0 saturated heterocycles. The first-order chi connectivity index (χ1) is 9.45. The molecule has 1 rings (SSSR count). The van der Waals surface area contributed by atoms with E-state index in [1.807, 2.05) is 49.3 Å². The van der Waals surface area contributed by atoms with E-state index in [1.165, 1.54) is 0 Å². The molecule has 0 fully saturated rings. The highest BCUT2D eigenvalue weighted by Crippen LogP contribution is 2.15. The summed E-state index contributed by atoms with van der Waals surface area (Å²) in [5.41, 5.74) is 7.02. The molecule has 0 saturated carbocycles. The Morgan fingerprint density at radius 1 is 1.45 bits per heavy atom. The van der Waals surface area contributed by atoms with Gasteiger partial charge in [-0.15, -0.1) is 0 Å². The maximum Gasteiger partial charge on any atom is 0.240 e. The lowest BCUT2D eigenvalue weighted by Gasteiger charge is -2.29. The molecule has 3 nitrogen and oxygen atoms in total. The van der Waals surface area contributed by atoms with Crippen molar-refractivity contribution in [3.05, 3.63) is 34.9 Å². The molecular weight excluding hydrogens is 292 g/mol. The van der Waals surface area contributed by atoms with Crippen molar-refractivity contribution < 1.29 is 4.79 Å². The number of carbonyl (C=O) groups is 1. The van der Waals surface area contributed by atoms with Crippen molar-refractivity contribution in [1.82, 2.24) is 4.90 Å². The van der Waals surface area contributed by atoms with Gasteiger partial charge in [-0.05, 0) is 50.0 Å². The maximum atomic E-state index is 12.4. The van der Waals surface area contributed by atoms with Gasteiger partial charge in [-0.1, -0.05) is 23.7 Å². The Labute approximate surface area is 130 Å². The molecule has 0 aliphatic carbocycles. The van der Waals surface area contributed by atoms with Crippen LogP contribution in [0.15, 0.2) is 24.3 Å². The van der Waals surface area contributed by atoms with Crippen LogP contribution in [0.25, 0.3) is 0 Å². The molecule has 0 bridgehead atoms. The molecule has 0 radical (unpaired) electrons. The molecule has 0 aromatic heterocycles. The van der Waals surface area contributed by atoms with Crippen LogP contribution in [-0.2, 0) is 11.3 Å². The average molecular weight is 315 g/mol. The van der Waals surface area contributed by atoms with Gasteiger partial charge in [-0.25, -0.2) is 0 Å². The number of amides is 1. The minimum atomic E-state index is -0.427. The molecule has 20 heavy (non-hydrogen) atoms. The van der Waals surface area contributed by atoms with Crippen LogP contribution in [0.2, 0.25) is 5.02 Å². The fraction of sp³-hybridized carbons (Fsp3) is 0.533. The molecule has 1 aromatic rings. The lowest BCUT2D eigenvalue weighted by Crippen LogP contribution is -2.46. The van der Waals surface area contributed by atoms with E-state index in [0.29, 0.717) is 18.0 Å². The smallest absolute Gasteiger partial charge is 0.240 e. The molecule has 1 aromatic carbocycles. The summed E-state index contributed by atoms with van der Waals surface area (Å²) in [6.45, 7) is 4.55. The average Bonchev–Trinajstić information content (AvgIpc) is 2.41. The fourth-order valence-corrected chi connectivity index (χ4v) is 2.63. The topological polar surface area (TPSA) is 46.3 Å². The number of hydrogen-bond donors (Lipinski definition) is 1. The standard InChI is InChI=1S/C15H23ClN2OS/c1-11(2)18(15(19)14(17)7-8-20-3)10-12-5-4-6-13(16)9-12/h4-6,9,11,14H,7-8,10,17H2,1-3H3/t14-/m1/s1. The fourth-order valence-electron chi connectivity index (χ4n) is 1.93. The third-order valence-corrected chi connectivity index (χ3v) is 3.98. The number of halogens is 1. The zero-order chi connectivity index (χ0) is 15.1. The van der Waals surface area contributed by atoms with E-state index < -0.39 is 6.04 Å². The first kappa shape index (κ1) is 17.3. The molecule has 112 valence electrons. The zero-order valence-corrected chi connectivity index (χ0v) is 13.9. The van der Waals surface area contributed by atoms with Crippen molar-refractivity contribution in [2.24, 2.45) is 5.73 Å². The van der Waals surface area contributed by atoms with Gasteiger partial charge in [-0.2, -0.15) is 11.8 Å². The highest BCUT2D eigenvalue weighted by Gasteiger charge is 2.23. The number of thioether (sulfide) groups is 1. The van der Waals surface area contributed by atoms with Crippen LogP contribution in [0.4, 0.5) is 0 Å². The maximum absolute atomic E-state index is 12.4. The molecular formula is C15H23ClN2OS. The second kappa shape index (κ2) is 8.55. The first-order valence-corrected chi connectivity index (χ1v) is 8.52. The lowest BCUT2D eigenvalue weighted by atomic mass is 10.1. The van der Waals surface area contributed by atoms with E-state index in [0.717, 1.165) is 11.3 Å². The van der Waals surface area contributed by atoms with Gasteiger partial charge in [0.25, 0.3) is 0 Å². The highest BCUT2D eigenvalue weighted by atomic mass is 35.5. The normalized spacial score (nSPS) is 12.5. The van der Waals surface area contributed by atoms with Crippen LogP contribution in [0.3, 0.4) is 0 Å². The van der Waals surface area contributed by atoms with Gasteiger partial charge in [-0.3, -0.25) is 4.79 Å². The highest BCUT2D eigenvalue weighted by molar-refractivity contribution is 7.98. The number of nitrogens with two attached hydrogens (primary N) is 1. The van der Waals surface area contributed by atoms with Crippen molar-refractivity contribution in [2.45, 2.75) is 38.9 Å². The van der Waals surface area contributed by atoms with Crippen LogP contribution in [0.1, 0.15) is 25.8 Å². The Balaban J connectivity index is 2.76. The molecule has 0 spiro atoms. The summed E-state index contributed by atoms with van der Waals surface area (Å²) in [4.78, 5) is 14.3. The van der Waals surface area contributed by atoms with Crippen LogP contribution in [0, 0.1) is 0 Å². The Morgan fingerprint density at radius 2 is 2.15 bits per heavy atom. The summed E-state index contributed by atoms with van der Waals surface area (Å²) in [5.74, 6) is 0.907. The number of hydrogen-bond acceptors (Lipinski definition) is 3. The van der Waals surface area contributed by atoms with Crippen molar-refractivity contribution >= 4 is 29.3 Å². The molecule has 0 heterocycles. The summed E-state index contributed by atoms with van der Waals surface area (Å²) >= 11 is 7.69. The number of benzene rings is 1. The van der Waals surface area contributed by atoms with E-state index in [4.69, 9.17) is 17.3 Å². The Kier molecular flexibility index (Phi) is 7.41. The molecule has 0 aliphatic heterocycles. The lowest BCUT2D eigenvalue weighted by molar-refractivity contribution is -0.135. The van der Waals surface area contributed by atoms with Crippen LogP contribution >= 0.6 is 23.4 Å². The van der Waals surface area contributed by atoms with Gasteiger partial charge in [0, 0.05) is 17.6 Å². The third-order valence-electron chi connectivity index (χ3n) is 3.10. The molecule has 5 heteroatoms.